The average Bonchev–Trinajstić information content (AvgIpc) is 3.12. The van der Waals surface area contributed by atoms with Crippen molar-refractivity contribution >= 4 is 39.1 Å². The van der Waals surface area contributed by atoms with E-state index in [0.717, 1.165) is 11.3 Å². The van der Waals surface area contributed by atoms with Crippen LogP contribution in [0.25, 0.3) is 0 Å². The number of carbonyl (C=O) groups is 3. The number of sulfonamides is 1. The molecule has 0 spiro atoms. The molecule has 0 saturated carbocycles. The molecule has 9 nitrogen and oxygen atoms in total. The number of benzene rings is 2. The molecule has 0 saturated heterocycles. The van der Waals surface area contributed by atoms with Crippen LogP contribution in [-0.2, 0) is 26.0 Å². The number of anilines is 2. The number of fused-ring (bicyclic) bond motifs is 1. The summed E-state index contributed by atoms with van der Waals surface area (Å²) in [5, 5.41) is 5.42. The van der Waals surface area contributed by atoms with Crippen LogP contribution in [0.2, 0.25) is 0 Å². The predicted octanol–water partition coefficient (Wildman–Crippen LogP) is 2.29. The van der Waals surface area contributed by atoms with Crippen molar-refractivity contribution in [1.29, 1.82) is 0 Å². The van der Waals surface area contributed by atoms with Crippen LogP contribution in [-0.4, -0.2) is 45.3 Å². The van der Waals surface area contributed by atoms with Gasteiger partial charge in [-0.05, 0) is 61.4 Å². The molecule has 3 amide bonds. The molecule has 2 aromatic rings. The number of nitrogens with one attached hydrogen (secondary N) is 3. The van der Waals surface area contributed by atoms with E-state index in [4.69, 9.17) is 0 Å². The SMILES string of the molecule is CC(=O)N1c2ccc(S(=O)(=O)NCCNC(=O)c3ccc(NC(=O)C(C)C)cc3)cc2CC1C. The van der Waals surface area contributed by atoms with Crippen molar-refractivity contribution in [3.8, 4) is 0 Å². The molecule has 0 fully saturated rings. The highest BCUT2D eigenvalue weighted by Crippen LogP contribution is 2.33. The molecule has 1 atom stereocenters. The first-order valence-electron chi connectivity index (χ1n) is 11.1. The summed E-state index contributed by atoms with van der Waals surface area (Å²) in [7, 11) is -3.77. The highest BCUT2D eigenvalue weighted by molar-refractivity contribution is 7.89. The Hall–Kier alpha value is -3.24. The Morgan fingerprint density at radius 3 is 2.35 bits per heavy atom. The fraction of sp³-hybridized carbons (Fsp3) is 0.375. The third-order valence-corrected chi connectivity index (χ3v) is 7.02. The van der Waals surface area contributed by atoms with Gasteiger partial charge in [0.25, 0.3) is 5.91 Å². The Bertz CT molecular complexity index is 1190. The lowest BCUT2D eigenvalue weighted by molar-refractivity contribution is -0.119. The Morgan fingerprint density at radius 1 is 1.06 bits per heavy atom. The van der Waals surface area contributed by atoms with Gasteiger partial charge in [-0.1, -0.05) is 13.8 Å². The quantitative estimate of drug-likeness (QED) is 0.494. The molecule has 3 N–H and O–H groups in total. The largest absolute Gasteiger partial charge is 0.351 e. The molecule has 3 rings (SSSR count). The zero-order valence-electron chi connectivity index (χ0n) is 19.7. The van der Waals surface area contributed by atoms with Gasteiger partial charge in [-0.2, -0.15) is 0 Å². The van der Waals surface area contributed by atoms with Gasteiger partial charge >= 0.3 is 0 Å². The topological polar surface area (TPSA) is 125 Å². The third-order valence-electron chi connectivity index (χ3n) is 5.56. The minimum atomic E-state index is -3.77. The molecule has 0 aliphatic carbocycles. The van der Waals surface area contributed by atoms with Crippen molar-refractivity contribution in [2.24, 2.45) is 5.92 Å². The van der Waals surface area contributed by atoms with E-state index in [2.05, 4.69) is 15.4 Å². The molecule has 2 aromatic carbocycles. The summed E-state index contributed by atoms with van der Waals surface area (Å²) < 4.78 is 27.8. The van der Waals surface area contributed by atoms with E-state index in [0.29, 0.717) is 17.7 Å². The van der Waals surface area contributed by atoms with Gasteiger partial charge in [-0.25, -0.2) is 13.1 Å². The fourth-order valence-corrected chi connectivity index (χ4v) is 4.87. The van der Waals surface area contributed by atoms with E-state index in [1.807, 2.05) is 6.92 Å². The van der Waals surface area contributed by atoms with Gasteiger partial charge in [-0.3, -0.25) is 14.4 Å². The van der Waals surface area contributed by atoms with Gasteiger partial charge in [0.15, 0.2) is 0 Å². The number of hydrogen-bond donors (Lipinski definition) is 3. The average molecular weight is 487 g/mol. The Kier molecular flexibility index (Phi) is 7.73. The van der Waals surface area contributed by atoms with Crippen LogP contribution < -0.4 is 20.3 Å². The second kappa shape index (κ2) is 10.4. The van der Waals surface area contributed by atoms with Gasteiger partial charge in [0.2, 0.25) is 21.8 Å². The molecule has 0 bridgehead atoms. The van der Waals surface area contributed by atoms with Crippen LogP contribution in [0.15, 0.2) is 47.4 Å². The summed E-state index contributed by atoms with van der Waals surface area (Å²) in [5.74, 6) is -0.691. The van der Waals surface area contributed by atoms with Gasteiger partial charge in [0.1, 0.15) is 0 Å². The number of hydrogen-bond acceptors (Lipinski definition) is 5. The molecule has 34 heavy (non-hydrogen) atoms. The minimum Gasteiger partial charge on any atom is -0.351 e. The first-order valence-corrected chi connectivity index (χ1v) is 12.6. The second-order valence-electron chi connectivity index (χ2n) is 8.61. The van der Waals surface area contributed by atoms with E-state index in [9.17, 15) is 22.8 Å². The Morgan fingerprint density at radius 2 is 1.74 bits per heavy atom. The molecule has 1 aliphatic heterocycles. The molecular formula is C24H30N4O5S. The standard InChI is InChI=1S/C24H30N4O5S/c1-15(2)23(30)27-20-7-5-18(6-8-20)24(31)25-11-12-26-34(32,33)21-9-10-22-19(14-21)13-16(3)28(22)17(4)29/h5-10,14-16,26H,11-13H2,1-4H3,(H,25,31)(H,27,30). The number of nitrogens with zero attached hydrogens (tertiary/aromatic N) is 1. The molecule has 1 heterocycles. The van der Waals surface area contributed by atoms with Gasteiger partial charge in [0.05, 0.1) is 4.90 Å². The first kappa shape index (κ1) is 25.4. The van der Waals surface area contributed by atoms with Gasteiger partial charge in [0, 0.05) is 48.9 Å². The zero-order valence-corrected chi connectivity index (χ0v) is 20.5. The number of carbonyl (C=O) groups excluding carboxylic acids is 3. The van der Waals surface area contributed by atoms with Gasteiger partial charge in [-0.15, -0.1) is 0 Å². The van der Waals surface area contributed by atoms with Crippen molar-refractivity contribution in [3.05, 3.63) is 53.6 Å². The highest BCUT2D eigenvalue weighted by Gasteiger charge is 2.30. The van der Waals surface area contributed by atoms with Crippen molar-refractivity contribution < 1.29 is 22.8 Å². The maximum Gasteiger partial charge on any atom is 0.251 e. The molecule has 1 unspecified atom stereocenters. The van der Waals surface area contributed by atoms with Crippen molar-refractivity contribution in [2.45, 2.75) is 45.1 Å². The predicted molar refractivity (Wildman–Crippen MR) is 130 cm³/mol. The summed E-state index contributed by atoms with van der Waals surface area (Å²) in [6, 6.07) is 11.2. The number of amides is 3. The molecular weight excluding hydrogens is 456 g/mol. The van der Waals surface area contributed by atoms with E-state index in [-0.39, 0.29) is 47.7 Å². The first-order chi connectivity index (χ1) is 16.0. The lowest BCUT2D eigenvalue weighted by atomic mass is 10.1. The van der Waals surface area contributed by atoms with Crippen LogP contribution in [0.4, 0.5) is 11.4 Å². The minimum absolute atomic E-state index is 0.0175. The van der Waals surface area contributed by atoms with E-state index in [1.54, 1.807) is 55.1 Å². The summed E-state index contributed by atoms with van der Waals surface area (Å²) >= 11 is 0. The molecule has 182 valence electrons. The summed E-state index contributed by atoms with van der Waals surface area (Å²) in [5.41, 5.74) is 2.54. The van der Waals surface area contributed by atoms with Crippen LogP contribution in [0, 0.1) is 5.92 Å². The summed E-state index contributed by atoms with van der Waals surface area (Å²) in [6.45, 7) is 7.11. The normalized spacial score (nSPS) is 15.2. The van der Waals surface area contributed by atoms with Crippen molar-refractivity contribution in [2.75, 3.05) is 23.3 Å². The smallest absolute Gasteiger partial charge is 0.251 e. The molecule has 0 radical (unpaired) electrons. The number of rotatable bonds is 8. The van der Waals surface area contributed by atoms with Gasteiger partial charge < -0.3 is 15.5 Å². The Balaban J connectivity index is 1.53. The van der Waals surface area contributed by atoms with Crippen LogP contribution in [0.1, 0.15) is 43.6 Å². The lowest BCUT2D eigenvalue weighted by Gasteiger charge is -2.20. The monoisotopic (exact) mass is 486 g/mol. The summed E-state index contributed by atoms with van der Waals surface area (Å²) in [4.78, 5) is 37.7. The lowest BCUT2D eigenvalue weighted by Crippen LogP contribution is -2.34. The highest BCUT2D eigenvalue weighted by atomic mass is 32.2. The molecule has 10 heteroatoms. The molecule has 0 aromatic heterocycles. The third kappa shape index (κ3) is 5.81. The second-order valence-corrected chi connectivity index (χ2v) is 10.4. The fourth-order valence-electron chi connectivity index (χ4n) is 3.79. The molecule has 1 aliphatic rings. The van der Waals surface area contributed by atoms with Crippen molar-refractivity contribution in [1.82, 2.24) is 10.0 Å². The van der Waals surface area contributed by atoms with Crippen LogP contribution in [0.5, 0.6) is 0 Å². The maximum atomic E-state index is 12.7. The van der Waals surface area contributed by atoms with Crippen molar-refractivity contribution in [3.63, 3.8) is 0 Å². The van der Waals surface area contributed by atoms with Crippen LogP contribution >= 0.6 is 0 Å². The summed E-state index contributed by atoms with van der Waals surface area (Å²) in [6.07, 6.45) is 0.592. The van der Waals surface area contributed by atoms with E-state index < -0.39 is 10.0 Å². The zero-order chi connectivity index (χ0) is 25.0. The van der Waals surface area contributed by atoms with Crippen LogP contribution in [0.3, 0.4) is 0 Å². The van der Waals surface area contributed by atoms with E-state index in [1.165, 1.54) is 13.0 Å². The Labute approximate surface area is 200 Å². The van der Waals surface area contributed by atoms with E-state index >= 15 is 0 Å². The maximum absolute atomic E-state index is 12.7.